The number of likely N-dealkylation sites (N-methyl/N-ethyl adjacent to an activating group) is 1. The van der Waals surface area contributed by atoms with Crippen LogP contribution in [0.25, 0.3) is 10.9 Å². The van der Waals surface area contributed by atoms with Gasteiger partial charge in [0, 0.05) is 43.8 Å². The van der Waals surface area contributed by atoms with Gasteiger partial charge in [0.2, 0.25) is 0 Å². The van der Waals surface area contributed by atoms with E-state index >= 15 is 0 Å². The number of aromatic nitrogens is 1. The minimum Gasteiger partial charge on any atom is -0.444 e. The second kappa shape index (κ2) is 6.83. The first-order valence-electron chi connectivity index (χ1n) is 7.56. The van der Waals surface area contributed by atoms with Crippen LogP contribution in [0.5, 0.6) is 0 Å². The van der Waals surface area contributed by atoms with Crippen molar-refractivity contribution in [2.24, 2.45) is 0 Å². The number of carbonyl (C=O) groups excluding carboxylic acids is 1. The number of hydrogen-bond acceptors (Lipinski definition) is 3. The summed E-state index contributed by atoms with van der Waals surface area (Å²) in [7, 11) is 1.75. The number of fused-ring (bicyclic) bond motifs is 1. The fourth-order valence-electron chi connectivity index (χ4n) is 2.18. The Bertz CT molecular complexity index is 628. The summed E-state index contributed by atoms with van der Waals surface area (Å²) in [6.07, 6.45) is 1.73. The molecule has 0 atom stereocenters. The van der Waals surface area contributed by atoms with Crippen molar-refractivity contribution in [2.75, 3.05) is 20.1 Å². The van der Waals surface area contributed by atoms with Gasteiger partial charge < -0.3 is 19.9 Å². The van der Waals surface area contributed by atoms with Crippen molar-refractivity contribution in [1.82, 2.24) is 15.2 Å². The number of nitrogens with zero attached hydrogens (tertiary/aromatic N) is 1. The van der Waals surface area contributed by atoms with E-state index < -0.39 is 5.60 Å². The lowest BCUT2D eigenvalue weighted by atomic mass is 10.2. The molecule has 2 N–H and O–H groups in total. The van der Waals surface area contributed by atoms with Gasteiger partial charge in [0.05, 0.1) is 0 Å². The summed E-state index contributed by atoms with van der Waals surface area (Å²) in [5.74, 6) is 0. The lowest BCUT2D eigenvalue weighted by molar-refractivity contribution is 0.0300. The highest BCUT2D eigenvalue weighted by atomic mass is 16.6. The van der Waals surface area contributed by atoms with Gasteiger partial charge >= 0.3 is 6.09 Å². The van der Waals surface area contributed by atoms with Gasteiger partial charge in [-0.05, 0) is 32.4 Å². The zero-order valence-electron chi connectivity index (χ0n) is 13.8. The molecule has 1 heterocycles. The number of ether oxygens (including phenoxy) is 1. The lowest BCUT2D eigenvalue weighted by Gasteiger charge is -2.24. The predicted molar refractivity (Wildman–Crippen MR) is 88.9 cm³/mol. The maximum atomic E-state index is 11.8. The molecule has 22 heavy (non-hydrogen) atoms. The first kappa shape index (κ1) is 16.4. The van der Waals surface area contributed by atoms with Gasteiger partial charge in [0.25, 0.3) is 0 Å². The van der Waals surface area contributed by atoms with Crippen LogP contribution < -0.4 is 5.32 Å². The summed E-state index contributed by atoms with van der Waals surface area (Å²) in [6, 6.07) is 8.23. The molecule has 0 saturated heterocycles. The average molecular weight is 303 g/mol. The molecule has 5 nitrogen and oxygen atoms in total. The molecule has 0 aliphatic carbocycles. The summed E-state index contributed by atoms with van der Waals surface area (Å²) in [6.45, 7) is 7.70. The van der Waals surface area contributed by atoms with E-state index in [0.717, 1.165) is 18.6 Å². The maximum absolute atomic E-state index is 11.8. The molecule has 2 aromatic rings. The van der Waals surface area contributed by atoms with E-state index in [-0.39, 0.29) is 6.09 Å². The van der Waals surface area contributed by atoms with Crippen LogP contribution in [0.2, 0.25) is 0 Å². The first-order valence-corrected chi connectivity index (χ1v) is 7.56. The molecule has 0 radical (unpaired) electrons. The van der Waals surface area contributed by atoms with Gasteiger partial charge in [0.15, 0.2) is 0 Å². The van der Waals surface area contributed by atoms with Crippen LogP contribution >= 0.6 is 0 Å². The van der Waals surface area contributed by atoms with Crippen molar-refractivity contribution in [3.8, 4) is 0 Å². The van der Waals surface area contributed by atoms with Crippen molar-refractivity contribution in [1.29, 1.82) is 0 Å². The average Bonchev–Trinajstić information content (AvgIpc) is 2.85. The number of H-pyrrole nitrogens is 1. The van der Waals surface area contributed by atoms with E-state index in [1.807, 2.05) is 39.1 Å². The molecule has 120 valence electrons. The number of aromatic amines is 1. The molecule has 1 amide bonds. The smallest absolute Gasteiger partial charge is 0.410 e. The Morgan fingerprint density at radius 3 is 2.77 bits per heavy atom. The van der Waals surface area contributed by atoms with Crippen LogP contribution in [0.15, 0.2) is 30.5 Å². The summed E-state index contributed by atoms with van der Waals surface area (Å²) in [5.41, 5.74) is 1.92. The normalized spacial score (nSPS) is 11.6. The Morgan fingerprint density at radius 2 is 2.05 bits per heavy atom. The highest BCUT2D eigenvalue weighted by molar-refractivity contribution is 5.82. The lowest BCUT2D eigenvalue weighted by Crippen LogP contribution is -2.37. The van der Waals surface area contributed by atoms with E-state index in [1.165, 1.54) is 10.9 Å². The summed E-state index contributed by atoms with van der Waals surface area (Å²) in [4.78, 5) is 16.7. The molecule has 2 rings (SSSR count). The Morgan fingerprint density at radius 1 is 1.32 bits per heavy atom. The maximum Gasteiger partial charge on any atom is 0.410 e. The molecule has 0 bridgehead atoms. The van der Waals surface area contributed by atoms with Crippen LogP contribution in [0.4, 0.5) is 4.79 Å². The molecule has 0 fully saturated rings. The van der Waals surface area contributed by atoms with Crippen LogP contribution in [0, 0.1) is 0 Å². The third-order valence-corrected chi connectivity index (χ3v) is 3.32. The standard InChI is InChI=1S/C17H25N3O2/c1-17(2,3)22-16(21)20(4)10-9-18-11-13-12-19-15-8-6-5-7-14(13)15/h5-8,12,18-19H,9-11H2,1-4H3. The van der Waals surface area contributed by atoms with Crippen LogP contribution in [0.3, 0.4) is 0 Å². The van der Waals surface area contributed by atoms with Crippen molar-refractivity contribution in [3.05, 3.63) is 36.0 Å². The van der Waals surface area contributed by atoms with Crippen LogP contribution in [0.1, 0.15) is 26.3 Å². The fourth-order valence-corrected chi connectivity index (χ4v) is 2.18. The highest BCUT2D eigenvalue weighted by Crippen LogP contribution is 2.17. The Labute approximate surface area is 131 Å². The minimum absolute atomic E-state index is 0.290. The second-order valence-electron chi connectivity index (χ2n) is 6.44. The number of benzene rings is 1. The molecule has 5 heteroatoms. The Hall–Kier alpha value is -2.01. The van der Waals surface area contributed by atoms with Crippen LogP contribution in [-0.4, -0.2) is 41.7 Å². The van der Waals surface area contributed by atoms with Crippen LogP contribution in [-0.2, 0) is 11.3 Å². The third kappa shape index (κ3) is 4.49. The van der Waals surface area contributed by atoms with E-state index in [1.54, 1.807) is 11.9 Å². The predicted octanol–water partition coefficient (Wildman–Crippen LogP) is 3.12. The van der Waals surface area contributed by atoms with Gasteiger partial charge in [-0.25, -0.2) is 4.79 Å². The molecular weight excluding hydrogens is 278 g/mol. The van der Waals surface area contributed by atoms with Crippen molar-refractivity contribution < 1.29 is 9.53 Å². The van der Waals surface area contributed by atoms with Gasteiger partial charge in [0.1, 0.15) is 5.60 Å². The summed E-state index contributed by atoms with van der Waals surface area (Å²) >= 11 is 0. The quantitative estimate of drug-likeness (QED) is 0.834. The molecule has 1 aromatic heterocycles. The molecule has 0 saturated carbocycles. The Balaban J connectivity index is 1.76. The monoisotopic (exact) mass is 303 g/mol. The highest BCUT2D eigenvalue weighted by Gasteiger charge is 2.19. The van der Waals surface area contributed by atoms with Gasteiger partial charge in [-0.15, -0.1) is 0 Å². The van der Waals surface area contributed by atoms with E-state index in [4.69, 9.17) is 4.74 Å². The molecule has 0 spiro atoms. The van der Waals surface area contributed by atoms with Gasteiger partial charge in [-0.1, -0.05) is 18.2 Å². The minimum atomic E-state index is -0.456. The van der Waals surface area contributed by atoms with E-state index in [9.17, 15) is 4.79 Å². The number of rotatable bonds is 5. The van der Waals surface area contributed by atoms with Gasteiger partial charge in [-0.2, -0.15) is 0 Å². The zero-order chi connectivity index (χ0) is 16.2. The summed E-state index contributed by atoms with van der Waals surface area (Å²) < 4.78 is 5.31. The molecule has 0 unspecified atom stereocenters. The number of amides is 1. The molecule has 0 aliphatic heterocycles. The number of hydrogen-bond donors (Lipinski definition) is 2. The largest absolute Gasteiger partial charge is 0.444 e. The second-order valence-corrected chi connectivity index (χ2v) is 6.44. The first-order chi connectivity index (χ1) is 10.4. The summed E-state index contributed by atoms with van der Waals surface area (Å²) in [5, 5.41) is 4.59. The van der Waals surface area contributed by atoms with E-state index in [0.29, 0.717) is 6.54 Å². The fraction of sp³-hybridized carbons (Fsp3) is 0.471. The number of para-hydroxylation sites is 1. The SMILES string of the molecule is CN(CCNCc1c[nH]c2ccccc12)C(=O)OC(C)(C)C. The van der Waals surface area contributed by atoms with E-state index in [2.05, 4.69) is 22.4 Å². The van der Waals surface area contributed by atoms with Crippen molar-refractivity contribution >= 4 is 17.0 Å². The molecular formula is C17H25N3O2. The molecule has 1 aromatic carbocycles. The Kier molecular flexibility index (Phi) is 5.08. The molecule has 0 aliphatic rings. The third-order valence-electron chi connectivity index (χ3n) is 3.32. The van der Waals surface area contributed by atoms with Crippen molar-refractivity contribution in [3.63, 3.8) is 0 Å². The van der Waals surface area contributed by atoms with Crippen molar-refractivity contribution in [2.45, 2.75) is 32.9 Å². The number of nitrogens with one attached hydrogen (secondary N) is 2. The number of carbonyl (C=O) groups is 1. The topological polar surface area (TPSA) is 57.4 Å². The van der Waals surface area contributed by atoms with Gasteiger partial charge in [-0.3, -0.25) is 0 Å². The zero-order valence-corrected chi connectivity index (χ0v) is 13.8.